The number of carbonyl (C=O) groups excluding carboxylic acids is 1. The van der Waals surface area contributed by atoms with E-state index in [2.05, 4.69) is 10.1 Å². The number of nitrogens with zero attached hydrogens (tertiary/aromatic N) is 3. The molecule has 144 valence electrons. The van der Waals surface area contributed by atoms with E-state index in [1.54, 1.807) is 6.26 Å². The molecule has 0 atom stereocenters. The highest BCUT2D eigenvalue weighted by atomic mass is 35.5. The van der Waals surface area contributed by atoms with Crippen LogP contribution in [-0.2, 0) is 11.2 Å². The smallest absolute Gasteiger partial charge is 0.223 e. The van der Waals surface area contributed by atoms with Crippen LogP contribution < -0.4 is 4.90 Å². The number of aryl methyl sites for hydroxylation is 1. The molecule has 0 radical (unpaired) electrons. The topological polar surface area (TPSA) is 49.6 Å². The summed E-state index contributed by atoms with van der Waals surface area (Å²) in [5.74, 6) is 0.177. The van der Waals surface area contributed by atoms with Crippen LogP contribution in [0.25, 0.3) is 11.3 Å². The molecule has 0 spiro atoms. The van der Waals surface area contributed by atoms with Gasteiger partial charge in [0.05, 0.1) is 0 Å². The van der Waals surface area contributed by atoms with Crippen molar-refractivity contribution in [2.45, 2.75) is 12.8 Å². The second-order valence-corrected chi connectivity index (χ2v) is 7.34. The minimum absolute atomic E-state index is 0.177. The maximum Gasteiger partial charge on any atom is 0.223 e. The minimum Gasteiger partial charge on any atom is -0.368 e. The molecule has 1 fully saturated rings. The molecule has 0 saturated carbocycles. The van der Waals surface area contributed by atoms with Crippen molar-refractivity contribution in [2.75, 3.05) is 31.1 Å². The van der Waals surface area contributed by atoms with Crippen molar-refractivity contribution in [1.82, 2.24) is 10.1 Å². The predicted molar refractivity (Wildman–Crippen MR) is 111 cm³/mol. The molecule has 0 unspecified atom stereocenters. The lowest BCUT2D eigenvalue weighted by Crippen LogP contribution is -2.48. The van der Waals surface area contributed by atoms with Gasteiger partial charge in [-0.2, -0.15) is 0 Å². The number of hydrogen-bond acceptors (Lipinski definition) is 4. The molecule has 28 heavy (non-hydrogen) atoms. The minimum atomic E-state index is 0.177. The Balaban J connectivity index is 1.31. The summed E-state index contributed by atoms with van der Waals surface area (Å²) in [6.45, 7) is 3.12. The van der Waals surface area contributed by atoms with E-state index in [1.165, 1.54) is 0 Å². The van der Waals surface area contributed by atoms with Crippen LogP contribution in [0.5, 0.6) is 0 Å². The Morgan fingerprint density at radius 3 is 2.43 bits per heavy atom. The third-order valence-electron chi connectivity index (χ3n) is 5.12. The summed E-state index contributed by atoms with van der Waals surface area (Å²) in [5, 5.41) is 4.85. The Morgan fingerprint density at radius 2 is 1.71 bits per heavy atom. The van der Waals surface area contributed by atoms with E-state index in [9.17, 15) is 4.79 Å². The zero-order valence-electron chi connectivity index (χ0n) is 15.6. The van der Waals surface area contributed by atoms with E-state index in [4.69, 9.17) is 16.1 Å². The van der Waals surface area contributed by atoms with Crippen LogP contribution in [0.4, 0.5) is 5.69 Å². The van der Waals surface area contributed by atoms with Gasteiger partial charge in [0.15, 0.2) is 0 Å². The van der Waals surface area contributed by atoms with Crippen molar-refractivity contribution in [2.24, 2.45) is 0 Å². The van der Waals surface area contributed by atoms with Gasteiger partial charge in [0.2, 0.25) is 5.91 Å². The molecule has 1 saturated heterocycles. The van der Waals surface area contributed by atoms with E-state index in [0.29, 0.717) is 12.8 Å². The summed E-state index contributed by atoms with van der Waals surface area (Å²) in [6, 6.07) is 17.8. The fraction of sp³-hybridized carbons (Fsp3) is 0.273. The van der Waals surface area contributed by atoms with Crippen LogP contribution in [0, 0.1) is 0 Å². The Morgan fingerprint density at radius 1 is 1.00 bits per heavy atom. The Kier molecular flexibility index (Phi) is 5.63. The second-order valence-electron chi connectivity index (χ2n) is 6.90. The summed E-state index contributed by atoms with van der Waals surface area (Å²) >= 11 is 5.96. The molecule has 3 aromatic rings. The summed E-state index contributed by atoms with van der Waals surface area (Å²) in [4.78, 5) is 16.9. The normalized spacial score (nSPS) is 14.3. The lowest BCUT2D eigenvalue weighted by molar-refractivity contribution is -0.131. The molecule has 6 heteroatoms. The van der Waals surface area contributed by atoms with Crippen LogP contribution in [0.1, 0.15) is 12.0 Å². The monoisotopic (exact) mass is 395 g/mol. The van der Waals surface area contributed by atoms with Crippen LogP contribution in [-0.4, -0.2) is 42.1 Å². The number of benzene rings is 2. The third-order valence-corrected chi connectivity index (χ3v) is 5.37. The van der Waals surface area contributed by atoms with Gasteiger partial charge in [-0.05, 0) is 30.7 Å². The van der Waals surface area contributed by atoms with E-state index >= 15 is 0 Å². The molecular formula is C22H22ClN3O2. The van der Waals surface area contributed by atoms with E-state index < -0.39 is 0 Å². The molecule has 1 amide bonds. The van der Waals surface area contributed by atoms with Gasteiger partial charge in [0.25, 0.3) is 0 Å². The summed E-state index contributed by atoms with van der Waals surface area (Å²) in [6.07, 6.45) is 2.74. The Labute approximate surface area is 169 Å². The van der Waals surface area contributed by atoms with Crippen LogP contribution >= 0.6 is 11.6 Å². The molecule has 0 bridgehead atoms. The van der Waals surface area contributed by atoms with Crippen LogP contribution in [0.2, 0.25) is 5.02 Å². The maximum atomic E-state index is 12.7. The first-order valence-corrected chi connectivity index (χ1v) is 9.85. The van der Waals surface area contributed by atoms with Gasteiger partial charge >= 0.3 is 0 Å². The third kappa shape index (κ3) is 4.20. The number of aromatic nitrogens is 1. The molecule has 0 aliphatic carbocycles. The van der Waals surface area contributed by atoms with Gasteiger partial charge in [0.1, 0.15) is 12.0 Å². The van der Waals surface area contributed by atoms with Crippen molar-refractivity contribution in [3.63, 3.8) is 0 Å². The van der Waals surface area contributed by atoms with Crippen LogP contribution in [0.15, 0.2) is 65.4 Å². The first kappa shape index (κ1) is 18.6. The van der Waals surface area contributed by atoms with Gasteiger partial charge < -0.3 is 14.3 Å². The molecule has 5 nitrogen and oxygen atoms in total. The van der Waals surface area contributed by atoms with Crippen molar-refractivity contribution in [3.05, 3.63) is 71.4 Å². The van der Waals surface area contributed by atoms with Crippen molar-refractivity contribution >= 4 is 23.2 Å². The second kappa shape index (κ2) is 8.48. The highest BCUT2D eigenvalue weighted by Crippen LogP contribution is 2.23. The van der Waals surface area contributed by atoms with Gasteiger partial charge in [-0.15, -0.1) is 0 Å². The number of amides is 1. The standard InChI is InChI=1S/C22H22ClN3O2/c23-19-7-9-20(10-8-19)25-12-14-26(15-13-25)21(27)11-6-18-16-28-24-22(18)17-4-2-1-3-5-17/h1-5,7-10,16H,6,11-15H2. The number of piperazine rings is 1. The fourth-order valence-electron chi connectivity index (χ4n) is 3.53. The molecular weight excluding hydrogens is 374 g/mol. The summed E-state index contributed by atoms with van der Waals surface area (Å²) in [7, 11) is 0. The van der Waals surface area contributed by atoms with Crippen molar-refractivity contribution in [1.29, 1.82) is 0 Å². The summed E-state index contributed by atoms with van der Waals surface area (Å²) in [5.41, 5.74) is 3.95. The van der Waals surface area contributed by atoms with E-state index in [0.717, 1.165) is 53.7 Å². The lowest BCUT2D eigenvalue weighted by atomic mass is 10.0. The molecule has 2 aromatic carbocycles. The number of hydrogen-bond donors (Lipinski definition) is 0. The number of rotatable bonds is 5. The number of halogens is 1. The highest BCUT2D eigenvalue weighted by Gasteiger charge is 2.22. The highest BCUT2D eigenvalue weighted by molar-refractivity contribution is 6.30. The SMILES string of the molecule is O=C(CCc1conc1-c1ccccc1)N1CCN(c2ccc(Cl)cc2)CC1. The fourth-order valence-corrected chi connectivity index (χ4v) is 3.66. The lowest BCUT2D eigenvalue weighted by Gasteiger charge is -2.36. The average Bonchev–Trinajstić information content (AvgIpc) is 3.22. The quantitative estimate of drug-likeness (QED) is 0.647. The van der Waals surface area contributed by atoms with Crippen LogP contribution in [0.3, 0.4) is 0 Å². The van der Waals surface area contributed by atoms with Gasteiger partial charge in [-0.3, -0.25) is 4.79 Å². The average molecular weight is 396 g/mol. The molecule has 0 N–H and O–H groups in total. The zero-order chi connectivity index (χ0) is 19.3. The molecule has 2 heterocycles. The zero-order valence-corrected chi connectivity index (χ0v) is 16.3. The molecule has 4 rings (SSSR count). The Bertz CT molecular complexity index is 916. The molecule has 1 aromatic heterocycles. The van der Waals surface area contributed by atoms with E-state index in [1.807, 2.05) is 59.5 Å². The molecule has 1 aliphatic rings. The molecule has 1 aliphatic heterocycles. The number of anilines is 1. The summed E-state index contributed by atoms with van der Waals surface area (Å²) < 4.78 is 5.16. The first-order chi connectivity index (χ1) is 13.7. The van der Waals surface area contributed by atoms with Crippen molar-refractivity contribution in [3.8, 4) is 11.3 Å². The van der Waals surface area contributed by atoms with Gasteiger partial charge in [0, 0.05) is 54.4 Å². The number of carbonyl (C=O) groups is 1. The van der Waals surface area contributed by atoms with E-state index in [-0.39, 0.29) is 5.91 Å². The predicted octanol–water partition coefficient (Wildman–Crippen LogP) is 4.28. The van der Waals surface area contributed by atoms with Gasteiger partial charge in [-0.1, -0.05) is 47.1 Å². The maximum absolute atomic E-state index is 12.7. The van der Waals surface area contributed by atoms with Gasteiger partial charge in [-0.25, -0.2) is 0 Å². The Hall–Kier alpha value is -2.79. The van der Waals surface area contributed by atoms with Crippen molar-refractivity contribution < 1.29 is 9.32 Å². The first-order valence-electron chi connectivity index (χ1n) is 9.47. The largest absolute Gasteiger partial charge is 0.368 e.